The monoisotopic (exact) mass is 323 g/mol. The quantitative estimate of drug-likeness (QED) is 0.920. The molecule has 110 valence electrons. The molecule has 0 saturated carbocycles. The first-order valence-electron chi connectivity index (χ1n) is 6.62. The van der Waals surface area contributed by atoms with E-state index in [0.29, 0.717) is 22.9 Å². The molecule has 1 unspecified atom stereocenters. The van der Waals surface area contributed by atoms with E-state index >= 15 is 0 Å². The van der Waals surface area contributed by atoms with Gasteiger partial charge in [-0.2, -0.15) is 0 Å². The van der Waals surface area contributed by atoms with Crippen molar-refractivity contribution in [1.29, 1.82) is 0 Å². The van der Waals surface area contributed by atoms with Gasteiger partial charge in [0.15, 0.2) is 0 Å². The summed E-state index contributed by atoms with van der Waals surface area (Å²) in [7, 11) is 0. The minimum absolute atomic E-state index is 0.175. The molecule has 1 aliphatic heterocycles. The summed E-state index contributed by atoms with van der Waals surface area (Å²) in [6, 6.07) is 7.59. The first kappa shape index (κ1) is 14.4. The number of nitrogens with zero attached hydrogens (tertiary/aromatic N) is 1. The third kappa shape index (κ3) is 2.30. The lowest BCUT2D eigenvalue weighted by molar-refractivity contribution is -0.147. The summed E-state index contributed by atoms with van der Waals surface area (Å²) in [4.78, 5) is 26.0. The lowest BCUT2D eigenvalue weighted by Gasteiger charge is -2.19. The smallest absolute Gasteiger partial charge is 0.311 e. The van der Waals surface area contributed by atoms with Crippen molar-refractivity contribution in [2.45, 2.75) is 13.3 Å². The van der Waals surface area contributed by atoms with Gasteiger partial charge in [-0.1, -0.05) is 29.8 Å². The number of halogens is 1. The van der Waals surface area contributed by atoms with Crippen LogP contribution < -0.4 is 0 Å². The van der Waals surface area contributed by atoms with Gasteiger partial charge in [0, 0.05) is 23.2 Å². The summed E-state index contributed by atoms with van der Waals surface area (Å²) in [5.41, 5.74) is -0.862. The molecular formula is C15H14ClNO3S. The second kappa shape index (κ2) is 5.00. The summed E-state index contributed by atoms with van der Waals surface area (Å²) in [6.45, 7) is 2.35. The molecule has 0 spiro atoms. The number of carboxylic acid groups (broad SMARTS) is 1. The van der Waals surface area contributed by atoms with Crippen molar-refractivity contribution in [3.63, 3.8) is 0 Å². The van der Waals surface area contributed by atoms with Crippen LogP contribution in [-0.4, -0.2) is 35.0 Å². The third-order valence-corrected chi connectivity index (χ3v) is 5.67. The SMILES string of the molecule is CC1(C(=O)O)CCN(C(=O)c2sc3ccccc3c2Cl)C1. The van der Waals surface area contributed by atoms with E-state index in [1.54, 1.807) is 11.8 Å². The fourth-order valence-electron chi connectivity index (χ4n) is 2.60. The molecule has 1 aromatic carbocycles. The minimum atomic E-state index is -0.862. The Labute approximate surface area is 130 Å². The maximum Gasteiger partial charge on any atom is 0.311 e. The van der Waals surface area contributed by atoms with Crippen LogP contribution in [0.4, 0.5) is 0 Å². The molecule has 4 nitrogen and oxygen atoms in total. The maximum absolute atomic E-state index is 12.6. The van der Waals surface area contributed by atoms with Crippen molar-refractivity contribution >= 4 is 44.9 Å². The lowest BCUT2D eigenvalue weighted by atomic mass is 9.90. The standard InChI is InChI=1S/C15H14ClNO3S/c1-15(14(19)20)6-7-17(8-15)13(18)12-11(16)9-4-2-3-5-10(9)21-12/h2-5H,6-8H2,1H3,(H,19,20). The van der Waals surface area contributed by atoms with Crippen LogP contribution in [0.25, 0.3) is 10.1 Å². The number of rotatable bonds is 2. The van der Waals surface area contributed by atoms with Crippen LogP contribution in [0.2, 0.25) is 5.02 Å². The van der Waals surface area contributed by atoms with Crippen LogP contribution in [0.15, 0.2) is 24.3 Å². The highest BCUT2D eigenvalue weighted by Gasteiger charge is 2.42. The molecule has 0 aliphatic carbocycles. The van der Waals surface area contributed by atoms with E-state index in [9.17, 15) is 14.7 Å². The van der Waals surface area contributed by atoms with Crippen LogP contribution >= 0.6 is 22.9 Å². The Morgan fingerprint density at radius 3 is 2.71 bits per heavy atom. The van der Waals surface area contributed by atoms with Crippen LogP contribution in [0.1, 0.15) is 23.0 Å². The topological polar surface area (TPSA) is 57.6 Å². The molecule has 1 amide bonds. The first-order valence-corrected chi connectivity index (χ1v) is 7.81. The second-order valence-corrected chi connectivity index (χ2v) is 7.01. The molecule has 0 bridgehead atoms. The highest BCUT2D eigenvalue weighted by molar-refractivity contribution is 7.21. The predicted molar refractivity (Wildman–Crippen MR) is 83.1 cm³/mol. The van der Waals surface area contributed by atoms with Gasteiger partial charge < -0.3 is 10.0 Å². The van der Waals surface area contributed by atoms with Crippen LogP contribution in [-0.2, 0) is 4.79 Å². The number of thiophene rings is 1. The summed E-state index contributed by atoms with van der Waals surface area (Å²) in [5, 5.41) is 10.6. The van der Waals surface area contributed by atoms with Gasteiger partial charge in [-0.3, -0.25) is 9.59 Å². The number of carboxylic acids is 1. The van der Waals surface area contributed by atoms with Gasteiger partial charge in [-0.05, 0) is 19.4 Å². The van der Waals surface area contributed by atoms with Gasteiger partial charge in [0.05, 0.1) is 10.4 Å². The molecule has 1 N–H and O–H groups in total. The Kier molecular flexibility index (Phi) is 3.42. The number of aliphatic carboxylic acids is 1. The van der Waals surface area contributed by atoms with Gasteiger partial charge in [0.25, 0.3) is 5.91 Å². The summed E-state index contributed by atoms with van der Waals surface area (Å²) in [5.74, 6) is -1.04. The maximum atomic E-state index is 12.6. The fourth-order valence-corrected chi connectivity index (χ4v) is 4.08. The first-order chi connectivity index (χ1) is 9.92. The highest BCUT2D eigenvalue weighted by atomic mass is 35.5. The van der Waals surface area contributed by atoms with Gasteiger partial charge >= 0.3 is 5.97 Å². The molecule has 1 aliphatic rings. The van der Waals surface area contributed by atoms with Crippen molar-refractivity contribution < 1.29 is 14.7 Å². The molecule has 2 heterocycles. The van der Waals surface area contributed by atoms with Crippen molar-refractivity contribution in [2.24, 2.45) is 5.41 Å². The number of carbonyl (C=O) groups is 2. The molecule has 3 rings (SSSR count). The Bertz CT molecular complexity index is 742. The van der Waals surface area contributed by atoms with Gasteiger partial charge in [0.1, 0.15) is 4.88 Å². The average Bonchev–Trinajstić information content (AvgIpc) is 3.01. The number of amides is 1. The molecule has 6 heteroatoms. The van der Waals surface area contributed by atoms with E-state index in [4.69, 9.17) is 11.6 Å². The molecule has 1 aromatic heterocycles. The number of hydrogen-bond donors (Lipinski definition) is 1. The van der Waals surface area contributed by atoms with Crippen molar-refractivity contribution in [1.82, 2.24) is 4.90 Å². The minimum Gasteiger partial charge on any atom is -0.481 e. The zero-order valence-corrected chi connectivity index (χ0v) is 13.0. The second-order valence-electron chi connectivity index (χ2n) is 5.58. The molecule has 1 atom stereocenters. The summed E-state index contributed by atoms with van der Waals surface area (Å²) < 4.78 is 0.964. The highest BCUT2D eigenvalue weighted by Crippen LogP contribution is 2.38. The Morgan fingerprint density at radius 2 is 2.10 bits per heavy atom. The normalized spacial score (nSPS) is 21.9. The predicted octanol–water partition coefficient (Wildman–Crippen LogP) is 3.49. The number of benzene rings is 1. The largest absolute Gasteiger partial charge is 0.481 e. The van der Waals surface area contributed by atoms with Crippen LogP contribution in [0.5, 0.6) is 0 Å². The number of likely N-dealkylation sites (tertiary alicyclic amines) is 1. The molecule has 1 saturated heterocycles. The van der Waals surface area contributed by atoms with E-state index in [1.165, 1.54) is 11.3 Å². The third-order valence-electron chi connectivity index (χ3n) is 4.01. The Balaban J connectivity index is 1.92. The molecule has 0 radical (unpaired) electrons. The van der Waals surface area contributed by atoms with E-state index in [-0.39, 0.29) is 12.5 Å². The van der Waals surface area contributed by atoms with Crippen molar-refractivity contribution in [3.8, 4) is 0 Å². The van der Waals surface area contributed by atoms with E-state index in [2.05, 4.69) is 0 Å². The van der Waals surface area contributed by atoms with Crippen LogP contribution in [0.3, 0.4) is 0 Å². The van der Waals surface area contributed by atoms with Crippen molar-refractivity contribution in [3.05, 3.63) is 34.2 Å². The average molecular weight is 324 g/mol. The number of carbonyl (C=O) groups excluding carboxylic acids is 1. The lowest BCUT2D eigenvalue weighted by Crippen LogP contribution is -2.34. The Hall–Kier alpha value is -1.59. The molecule has 2 aromatic rings. The zero-order valence-electron chi connectivity index (χ0n) is 11.4. The zero-order chi connectivity index (χ0) is 15.2. The van der Waals surface area contributed by atoms with Gasteiger partial charge in [-0.15, -0.1) is 11.3 Å². The van der Waals surface area contributed by atoms with Crippen LogP contribution in [0, 0.1) is 5.41 Å². The molecule has 1 fully saturated rings. The number of fused-ring (bicyclic) bond motifs is 1. The summed E-state index contributed by atoms with van der Waals surface area (Å²) in [6.07, 6.45) is 0.469. The molecule has 21 heavy (non-hydrogen) atoms. The number of hydrogen-bond acceptors (Lipinski definition) is 3. The van der Waals surface area contributed by atoms with Crippen molar-refractivity contribution in [2.75, 3.05) is 13.1 Å². The van der Waals surface area contributed by atoms with E-state index in [1.807, 2.05) is 24.3 Å². The van der Waals surface area contributed by atoms with E-state index < -0.39 is 11.4 Å². The van der Waals surface area contributed by atoms with Gasteiger partial charge in [0.2, 0.25) is 0 Å². The van der Waals surface area contributed by atoms with Gasteiger partial charge in [-0.25, -0.2) is 0 Å². The van der Waals surface area contributed by atoms with E-state index in [0.717, 1.165) is 10.1 Å². The summed E-state index contributed by atoms with van der Waals surface area (Å²) >= 11 is 7.67. The molecular weight excluding hydrogens is 310 g/mol. The Morgan fingerprint density at radius 1 is 1.38 bits per heavy atom. The fraction of sp³-hybridized carbons (Fsp3) is 0.333.